The SMILES string of the molecule is CSc1nc2ncc(F)c(I)c2s1. The first kappa shape index (κ1) is 9.60. The van der Waals surface area contributed by atoms with Gasteiger partial charge in [-0.1, -0.05) is 11.8 Å². The summed E-state index contributed by atoms with van der Waals surface area (Å²) < 4.78 is 15.4. The van der Waals surface area contributed by atoms with Crippen LogP contribution >= 0.6 is 45.7 Å². The van der Waals surface area contributed by atoms with Crippen molar-refractivity contribution in [3.8, 4) is 0 Å². The van der Waals surface area contributed by atoms with Crippen LogP contribution in [0.15, 0.2) is 10.5 Å². The van der Waals surface area contributed by atoms with Gasteiger partial charge in [-0.25, -0.2) is 14.4 Å². The minimum atomic E-state index is -0.274. The van der Waals surface area contributed by atoms with E-state index in [9.17, 15) is 4.39 Å². The number of thiazole rings is 1. The van der Waals surface area contributed by atoms with Crippen LogP contribution in [-0.4, -0.2) is 16.2 Å². The first-order valence-corrected chi connectivity index (χ1v) is 6.49. The maximum atomic E-state index is 13.1. The number of nitrogens with zero attached hydrogens (tertiary/aromatic N) is 2. The first-order chi connectivity index (χ1) is 6.22. The second-order valence-electron chi connectivity index (χ2n) is 2.26. The average Bonchev–Trinajstić information content (AvgIpc) is 2.55. The van der Waals surface area contributed by atoms with Crippen molar-refractivity contribution in [2.75, 3.05) is 6.26 Å². The van der Waals surface area contributed by atoms with Crippen molar-refractivity contribution in [2.24, 2.45) is 0 Å². The quantitative estimate of drug-likeness (QED) is 0.595. The summed E-state index contributed by atoms with van der Waals surface area (Å²) in [6.45, 7) is 0. The summed E-state index contributed by atoms with van der Waals surface area (Å²) in [5.74, 6) is -0.274. The molecule has 0 aliphatic heterocycles. The Morgan fingerprint density at radius 3 is 3.08 bits per heavy atom. The summed E-state index contributed by atoms with van der Waals surface area (Å²) in [7, 11) is 0. The molecule has 0 aliphatic rings. The van der Waals surface area contributed by atoms with Crippen LogP contribution in [0.2, 0.25) is 0 Å². The summed E-state index contributed by atoms with van der Waals surface area (Å²) in [5.41, 5.74) is 0.639. The number of aromatic nitrogens is 2. The van der Waals surface area contributed by atoms with Crippen LogP contribution in [0.3, 0.4) is 0 Å². The third-order valence-electron chi connectivity index (χ3n) is 1.47. The van der Waals surface area contributed by atoms with Crippen molar-refractivity contribution in [3.63, 3.8) is 0 Å². The number of thioether (sulfide) groups is 1. The summed E-state index contributed by atoms with van der Waals surface area (Å²) in [4.78, 5) is 8.15. The molecule has 2 heterocycles. The lowest BCUT2D eigenvalue weighted by Crippen LogP contribution is -1.84. The molecule has 0 radical (unpaired) electrons. The van der Waals surface area contributed by atoms with E-state index in [0.717, 1.165) is 9.04 Å². The van der Waals surface area contributed by atoms with Gasteiger partial charge in [0.1, 0.15) is 0 Å². The molecule has 6 heteroatoms. The molecule has 68 valence electrons. The summed E-state index contributed by atoms with van der Waals surface area (Å²) >= 11 is 5.01. The van der Waals surface area contributed by atoms with Crippen LogP contribution in [0.5, 0.6) is 0 Å². The van der Waals surface area contributed by atoms with Crippen LogP contribution < -0.4 is 0 Å². The molecule has 0 spiro atoms. The second kappa shape index (κ2) is 3.66. The van der Waals surface area contributed by atoms with Gasteiger partial charge < -0.3 is 0 Å². The highest BCUT2D eigenvalue weighted by molar-refractivity contribution is 14.1. The van der Waals surface area contributed by atoms with Crippen molar-refractivity contribution in [3.05, 3.63) is 15.6 Å². The smallest absolute Gasteiger partial charge is 0.172 e. The third kappa shape index (κ3) is 1.66. The number of pyridine rings is 1. The van der Waals surface area contributed by atoms with E-state index in [0.29, 0.717) is 9.22 Å². The topological polar surface area (TPSA) is 25.8 Å². The fraction of sp³-hybridized carbons (Fsp3) is 0.143. The molecule has 0 aliphatic carbocycles. The van der Waals surface area contributed by atoms with Gasteiger partial charge in [-0.2, -0.15) is 0 Å². The summed E-state index contributed by atoms with van der Waals surface area (Å²) in [6.07, 6.45) is 3.16. The molecule has 0 amide bonds. The molecule has 0 aromatic carbocycles. The normalized spacial score (nSPS) is 11.0. The Balaban J connectivity index is 2.76. The molecule has 0 atom stereocenters. The van der Waals surface area contributed by atoms with Gasteiger partial charge in [0.25, 0.3) is 0 Å². The Kier molecular flexibility index (Phi) is 2.70. The van der Waals surface area contributed by atoms with Gasteiger partial charge in [0.2, 0.25) is 0 Å². The van der Waals surface area contributed by atoms with Gasteiger partial charge in [-0.3, -0.25) is 0 Å². The minimum Gasteiger partial charge on any atom is -0.233 e. The molecular weight excluding hydrogens is 322 g/mol. The molecule has 0 bridgehead atoms. The molecule has 2 aromatic heterocycles. The molecule has 0 unspecified atom stereocenters. The zero-order valence-corrected chi connectivity index (χ0v) is 10.3. The van der Waals surface area contributed by atoms with Crippen LogP contribution in [0, 0.1) is 9.39 Å². The van der Waals surface area contributed by atoms with E-state index in [4.69, 9.17) is 0 Å². The Bertz CT molecular complexity index is 457. The standard InChI is InChI=1S/C7H4FIN2S2/c1-12-7-11-6-5(13-7)4(9)3(8)2-10-6/h2H,1H3. The van der Waals surface area contributed by atoms with E-state index in [1.165, 1.54) is 17.5 Å². The van der Waals surface area contributed by atoms with Crippen molar-refractivity contribution in [2.45, 2.75) is 4.34 Å². The molecule has 0 fully saturated rings. The minimum absolute atomic E-state index is 0.274. The predicted molar refractivity (Wildman–Crippen MR) is 61.9 cm³/mol. The maximum absolute atomic E-state index is 13.1. The molecule has 2 nitrogen and oxygen atoms in total. The zero-order chi connectivity index (χ0) is 9.42. The lowest BCUT2D eigenvalue weighted by Gasteiger charge is -1.91. The highest BCUT2D eigenvalue weighted by atomic mass is 127. The van der Waals surface area contributed by atoms with Gasteiger partial charge in [0, 0.05) is 0 Å². The maximum Gasteiger partial charge on any atom is 0.172 e. The number of hydrogen-bond donors (Lipinski definition) is 0. The molecule has 2 aromatic rings. The monoisotopic (exact) mass is 326 g/mol. The fourth-order valence-corrected chi connectivity index (χ4v) is 3.05. The number of fused-ring (bicyclic) bond motifs is 1. The molecule has 0 N–H and O–H groups in total. The van der Waals surface area contributed by atoms with Crippen molar-refractivity contribution < 1.29 is 4.39 Å². The van der Waals surface area contributed by atoms with E-state index >= 15 is 0 Å². The lowest BCUT2D eigenvalue weighted by atomic mass is 10.5. The Labute approximate surface area is 96.1 Å². The largest absolute Gasteiger partial charge is 0.233 e. The molecule has 0 saturated heterocycles. The van der Waals surface area contributed by atoms with E-state index in [1.54, 1.807) is 11.8 Å². The van der Waals surface area contributed by atoms with Crippen LogP contribution in [0.4, 0.5) is 4.39 Å². The third-order valence-corrected chi connectivity index (χ3v) is 4.94. The lowest BCUT2D eigenvalue weighted by molar-refractivity contribution is 0.617. The fourth-order valence-electron chi connectivity index (χ4n) is 0.894. The van der Waals surface area contributed by atoms with Crippen molar-refractivity contribution in [1.29, 1.82) is 0 Å². The van der Waals surface area contributed by atoms with Gasteiger partial charge in [-0.05, 0) is 28.8 Å². The number of hydrogen-bond acceptors (Lipinski definition) is 4. The van der Waals surface area contributed by atoms with Gasteiger partial charge in [0.15, 0.2) is 15.8 Å². The first-order valence-electron chi connectivity index (χ1n) is 3.37. The Morgan fingerprint density at radius 1 is 1.62 bits per heavy atom. The second-order valence-corrected chi connectivity index (χ2v) is 5.39. The summed E-state index contributed by atoms with van der Waals surface area (Å²) in [6, 6.07) is 0. The Morgan fingerprint density at radius 2 is 2.38 bits per heavy atom. The van der Waals surface area contributed by atoms with E-state index in [1.807, 2.05) is 28.8 Å². The Hall–Kier alpha value is 0.0500. The highest BCUT2D eigenvalue weighted by Gasteiger charge is 2.10. The van der Waals surface area contributed by atoms with Gasteiger partial charge in [0.05, 0.1) is 14.5 Å². The average molecular weight is 326 g/mol. The predicted octanol–water partition coefficient (Wildman–Crippen LogP) is 3.16. The molecule has 2 rings (SSSR count). The highest BCUT2D eigenvalue weighted by Crippen LogP contribution is 2.31. The number of rotatable bonds is 1. The van der Waals surface area contributed by atoms with Crippen molar-refractivity contribution >= 4 is 56.0 Å². The van der Waals surface area contributed by atoms with Gasteiger partial charge in [-0.15, -0.1) is 11.3 Å². The van der Waals surface area contributed by atoms with Gasteiger partial charge >= 0.3 is 0 Å². The van der Waals surface area contributed by atoms with Crippen LogP contribution in [0.25, 0.3) is 10.3 Å². The van der Waals surface area contributed by atoms with E-state index < -0.39 is 0 Å². The van der Waals surface area contributed by atoms with Crippen molar-refractivity contribution in [1.82, 2.24) is 9.97 Å². The number of halogens is 2. The van der Waals surface area contributed by atoms with Crippen LogP contribution in [-0.2, 0) is 0 Å². The molecule has 13 heavy (non-hydrogen) atoms. The van der Waals surface area contributed by atoms with E-state index in [-0.39, 0.29) is 5.82 Å². The summed E-state index contributed by atoms with van der Waals surface area (Å²) in [5, 5.41) is 0. The molecular formula is C7H4FIN2S2. The van der Waals surface area contributed by atoms with Crippen LogP contribution in [0.1, 0.15) is 0 Å². The zero-order valence-electron chi connectivity index (χ0n) is 6.54. The molecule has 0 saturated carbocycles. The van der Waals surface area contributed by atoms with E-state index in [2.05, 4.69) is 9.97 Å².